The van der Waals surface area contributed by atoms with Gasteiger partial charge in [0.15, 0.2) is 9.84 Å². The first-order valence-electron chi connectivity index (χ1n) is 10.1. The maximum Gasteiger partial charge on any atom is 0.237 e. The highest BCUT2D eigenvalue weighted by molar-refractivity contribution is 7.91. The van der Waals surface area contributed by atoms with Gasteiger partial charge in [-0.2, -0.15) is 0 Å². The van der Waals surface area contributed by atoms with Gasteiger partial charge < -0.3 is 10.2 Å². The van der Waals surface area contributed by atoms with Crippen LogP contribution in [0.5, 0.6) is 0 Å². The molecule has 0 bridgehead atoms. The molecule has 8 nitrogen and oxygen atoms in total. The van der Waals surface area contributed by atoms with Crippen molar-refractivity contribution in [2.45, 2.75) is 51.2 Å². The molecule has 0 radical (unpaired) electrons. The van der Waals surface area contributed by atoms with Gasteiger partial charge in [-0.1, -0.05) is 0 Å². The van der Waals surface area contributed by atoms with Crippen LogP contribution < -0.4 is 5.32 Å². The van der Waals surface area contributed by atoms with Crippen LogP contribution in [0.3, 0.4) is 0 Å². The maximum absolute atomic E-state index is 12.7. The summed E-state index contributed by atoms with van der Waals surface area (Å²) >= 11 is 0. The van der Waals surface area contributed by atoms with Crippen molar-refractivity contribution in [1.29, 1.82) is 0 Å². The Balaban J connectivity index is 1.45. The van der Waals surface area contributed by atoms with Crippen molar-refractivity contribution in [3.8, 4) is 0 Å². The number of sulfone groups is 1. The lowest BCUT2D eigenvalue weighted by atomic mass is 10.2. The second-order valence-electron chi connectivity index (χ2n) is 8.01. The summed E-state index contributed by atoms with van der Waals surface area (Å²) in [6.07, 6.45) is 2.72. The molecule has 2 aliphatic heterocycles. The molecule has 2 heterocycles. The summed E-state index contributed by atoms with van der Waals surface area (Å²) in [5, 5.41) is 3.05. The second-order valence-corrected chi connectivity index (χ2v) is 10.2. The average Bonchev–Trinajstić information content (AvgIpc) is 3.37. The number of likely N-dealkylation sites (N-methyl/N-ethyl adjacent to an activating group) is 1. The lowest BCUT2D eigenvalue weighted by Gasteiger charge is -2.38. The molecule has 2 unspecified atom stereocenters. The molecule has 1 saturated carbocycles. The normalized spacial score (nSPS) is 27.3. The van der Waals surface area contributed by atoms with Gasteiger partial charge in [-0.15, -0.1) is 0 Å². The van der Waals surface area contributed by atoms with Crippen molar-refractivity contribution in [2.24, 2.45) is 0 Å². The summed E-state index contributed by atoms with van der Waals surface area (Å²) < 4.78 is 23.4. The third-order valence-corrected chi connectivity index (χ3v) is 7.68. The van der Waals surface area contributed by atoms with E-state index in [0.717, 1.165) is 39.0 Å². The highest BCUT2D eigenvalue weighted by Gasteiger charge is 2.35. The molecule has 1 N–H and O–H groups in total. The smallest absolute Gasteiger partial charge is 0.237 e. The fourth-order valence-corrected chi connectivity index (χ4v) is 5.70. The van der Waals surface area contributed by atoms with Crippen LogP contribution in [0.4, 0.5) is 0 Å². The minimum absolute atomic E-state index is 0.00701. The summed E-state index contributed by atoms with van der Waals surface area (Å²) in [7, 11) is -3.00. The van der Waals surface area contributed by atoms with Gasteiger partial charge in [0.1, 0.15) is 0 Å². The summed E-state index contributed by atoms with van der Waals surface area (Å²) in [6, 6.07) is 0.0532. The number of hydrogen-bond acceptors (Lipinski definition) is 6. The van der Waals surface area contributed by atoms with Crippen LogP contribution in [-0.4, -0.2) is 104 Å². The molecule has 1 aliphatic carbocycles. The van der Waals surface area contributed by atoms with E-state index < -0.39 is 9.84 Å². The highest BCUT2D eigenvalue weighted by Crippen LogP contribution is 2.20. The number of hydrogen-bond donors (Lipinski definition) is 1. The molecule has 27 heavy (non-hydrogen) atoms. The van der Waals surface area contributed by atoms with Crippen molar-refractivity contribution >= 4 is 21.7 Å². The first-order chi connectivity index (χ1) is 12.8. The van der Waals surface area contributed by atoms with Crippen LogP contribution in [0.25, 0.3) is 0 Å². The lowest BCUT2D eigenvalue weighted by molar-refractivity contribution is -0.135. The van der Waals surface area contributed by atoms with E-state index >= 15 is 0 Å². The number of rotatable bonds is 7. The van der Waals surface area contributed by atoms with Crippen LogP contribution >= 0.6 is 0 Å². The summed E-state index contributed by atoms with van der Waals surface area (Å²) in [4.78, 5) is 30.9. The first-order valence-corrected chi connectivity index (χ1v) is 11.9. The zero-order valence-electron chi connectivity index (χ0n) is 16.4. The molecule has 3 rings (SSSR count). The third kappa shape index (κ3) is 5.42. The Morgan fingerprint density at radius 2 is 1.81 bits per heavy atom. The van der Waals surface area contributed by atoms with E-state index in [1.807, 2.05) is 13.8 Å². The number of carbonyl (C=O) groups is 2. The lowest BCUT2D eigenvalue weighted by Crippen LogP contribution is -2.56. The van der Waals surface area contributed by atoms with Gasteiger partial charge in [0.25, 0.3) is 0 Å². The van der Waals surface area contributed by atoms with E-state index in [4.69, 9.17) is 0 Å². The van der Waals surface area contributed by atoms with Crippen LogP contribution in [0, 0.1) is 0 Å². The highest BCUT2D eigenvalue weighted by atomic mass is 32.2. The predicted octanol–water partition coefficient (Wildman–Crippen LogP) is -0.693. The molecule has 0 aromatic rings. The molecule has 3 aliphatic rings. The number of amides is 2. The van der Waals surface area contributed by atoms with Gasteiger partial charge >= 0.3 is 0 Å². The van der Waals surface area contributed by atoms with Crippen LogP contribution in [-0.2, 0) is 19.4 Å². The Labute approximate surface area is 162 Å². The molecular weight excluding hydrogens is 368 g/mol. The van der Waals surface area contributed by atoms with Gasteiger partial charge in [0, 0.05) is 44.8 Å². The molecule has 3 fully saturated rings. The van der Waals surface area contributed by atoms with E-state index in [2.05, 4.69) is 15.1 Å². The zero-order chi connectivity index (χ0) is 19.6. The molecule has 2 amide bonds. The van der Waals surface area contributed by atoms with Crippen LogP contribution in [0.15, 0.2) is 0 Å². The van der Waals surface area contributed by atoms with E-state index in [9.17, 15) is 18.0 Å². The third-order valence-electron chi connectivity index (χ3n) is 5.93. The van der Waals surface area contributed by atoms with Crippen molar-refractivity contribution in [1.82, 2.24) is 20.0 Å². The van der Waals surface area contributed by atoms with Gasteiger partial charge in [-0.25, -0.2) is 8.42 Å². The predicted molar refractivity (Wildman–Crippen MR) is 103 cm³/mol. The minimum Gasteiger partial charge on any atom is -0.352 e. The largest absolute Gasteiger partial charge is 0.352 e. The quantitative estimate of drug-likeness (QED) is 0.608. The number of nitrogens with zero attached hydrogens (tertiary/aromatic N) is 3. The monoisotopic (exact) mass is 400 g/mol. The summed E-state index contributed by atoms with van der Waals surface area (Å²) in [5.41, 5.74) is 0. The summed E-state index contributed by atoms with van der Waals surface area (Å²) in [6.45, 7) is 7.71. The second kappa shape index (κ2) is 8.45. The fraction of sp³-hybridized carbons (Fsp3) is 0.889. The Kier molecular flexibility index (Phi) is 6.43. The Morgan fingerprint density at radius 1 is 1.15 bits per heavy atom. The average molecular weight is 401 g/mol. The van der Waals surface area contributed by atoms with E-state index in [1.165, 1.54) is 0 Å². The Morgan fingerprint density at radius 3 is 2.33 bits per heavy atom. The number of nitrogens with one attached hydrogen (secondary N) is 1. The zero-order valence-corrected chi connectivity index (χ0v) is 17.2. The molecule has 2 saturated heterocycles. The van der Waals surface area contributed by atoms with Crippen molar-refractivity contribution in [3.63, 3.8) is 0 Å². The molecule has 9 heteroatoms. The van der Waals surface area contributed by atoms with E-state index in [-0.39, 0.29) is 35.4 Å². The van der Waals surface area contributed by atoms with Gasteiger partial charge in [0.2, 0.25) is 11.8 Å². The standard InChI is InChI=1S/C18H32N4O4S/c1-3-22(16-6-11-27(25,26)13-16)17(23)12-20-7-9-21(10-8-20)14(2)18(24)19-15-4-5-15/h14-16H,3-13H2,1-2H3,(H,19,24). The topological polar surface area (TPSA) is 90.0 Å². The fourth-order valence-electron chi connectivity index (χ4n) is 3.97. The molecule has 0 aromatic heterocycles. The van der Waals surface area contributed by atoms with E-state index in [0.29, 0.717) is 25.6 Å². The minimum atomic E-state index is -3.00. The molecule has 0 aromatic carbocycles. The van der Waals surface area contributed by atoms with Crippen LogP contribution in [0.2, 0.25) is 0 Å². The van der Waals surface area contributed by atoms with Crippen molar-refractivity contribution < 1.29 is 18.0 Å². The maximum atomic E-state index is 12.7. The summed E-state index contributed by atoms with van der Waals surface area (Å²) in [5.74, 6) is 0.378. The Hall–Kier alpha value is -1.19. The number of piperazine rings is 1. The van der Waals surface area contributed by atoms with Gasteiger partial charge in [-0.3, -0.25) is 19.4 Å². The molecule has 154 valence electrons. The first kappa shape index (κ1) is 20.5. The van der Waals surface area contributed by atoms with Gasteiger partial charge in [-0.05, 0) is 33.1 Å². The molecule has 2 atom stereocenters. The number of carbonyl (C=O) groups excluding carboxylic acids is 2. The van der Waals surface area contributed by atoms with E-state index in [1.54, 1.807) is 4.90 Å². The SMILES string of the molecule is CCN(C(=O)CN1CCN(C(C)C(=O)NC2CC2)CC1)C1CCS(=O)(=O)C1. The Bertz CT molecular complexity index is 656. The van der Waals surface area contributed by atoms with Crippen LogP contribution in [0.1, 0.15) is 33.1 Å². The molecular formula is C18H32N4O4S. The molecule has 0 spiro atoms. The van der Waals surface area contributed by atoms with Gasteiger partial charge in [0.05, 0.1) is 24.1 Å². The van der Waals surface area contributed by atoms with Crippen molar-refractivity contribution in [2.75, 3.05) is 50.8 Å². The van der Waals surface area contributed by atoms with Crippen molar-refractivity contribution in [3.05, 3.63) is 0 Å².